The van der Waals surface area contributed by atoms with E-state index in [1.54, 1.807) is 34.4 Å². The normalized spacial score (nSPS) is 15.1. The number of aromatic nitrogens is 2. The minimum absolute atomic E-state index is 0. The lowest BCUT2D eigenvalue weighted by molar-refractivity contribution is -0.139. The molecule has 37 heavy (non-hydrogen) atoms. The van der Waals surface area contributed by atoms with Crippen molar-refractivity contribution in [3.05, 3.63) is 66.3 Å². The first kappa shape index (κ1) is 24.8. The molecule has 0 aliphatic carbocycles. The number of anilines is 2. The van der Waals surface area contributed by atoms with E-state index >= 15 is 0 Å². The van der Waals surface area contributed by atoms with Gasteiger partial charge in [0.1, 0.15) is 18.3 Å². The number of carbonyl (C=O) groups is 2. The monoisotopic (exact) mass is 541 g/mol. The lowest BCUT2D eigenvalue weighted by atomic mass is 10.2. The van der Waals surface area contributed by atoms with Crippen molar-refractivity contribution in [1.29, 1.82) is 0 Å². The van der Waals surface area contributed by atoms with Crippen molar-refractivity contribution < 1.29 is 24.2 Å². The molecule has 2 amide bonds. The number of carbonyl (C=O) groups excluding carboxylic acids is 2. The summed E-state index contributed by atoms with van der Waals surface area (Å²) in [6, 6.07) is 13.2. The van der Waals surface area contributed by atoms with Crippen molar-refractivity contribution in [1.82, 2.24) is 14.5 Å². The van der Waals surface area contributed by atoms with Crippen LogP contribution in [0.3, 0.4) is 0 Å². The van der Waals surface area contributed by atoms with E-state index in [1.165, 1.54) is 29.7 Å². The zero-order valence-corrected chi connectivity index (χ0v) is 21.8. The number of sulfonamides is 1. The number of nitrogens with one attached hydrogen (secondary N) is 1. The number of thiazole rings is 1. The summed E-state index contributed by atoms with van der Waals surface area (Å²) in [5.41, 5.74) is 1.45. The summed E-state index contributed by atoms with van der Waals surface area (Å²) >= 11 is 1.18. The number of benzene rings is 2. The highest BCUT2D eigenvalue weighted by atomic mass is 32.2. The molecule has 1 aliphatic heterocycles. The third-order valence-corrected chi connectivity index (χ3v) is 8.52. The number of rotatable bonds is 7. The number of fused-ring (bicyclic) bond motifs is 1. The van der Waals surface area contributed by atoms with E-state index in [-0.39, 0.29) is 29.8 Å². The molecule has 0 spiro atoms. The van der Waals surface area contributed by atoms with Crippen LogP contribution in [0, 0.1) is 0 Å². The fourth-order valence-electron chi connectivity index (χ4n) is 4.36. The molecular weight excluding hydrogens is 514 g/mol. The van der Waals surface area contributed by atoms with Crippen molar-refractivity contribution in [3.63, 3.8) is 0 Å². The molecule has 1 saturated heterocycles. The second kappa shape index (κ2) is 9.87. The van der Waals surface area contributed by atoms with Crippen molar-refractivity contribution in [2.24, 2.45) is 0 Å². The van der Waals surface area contributed by atoms with Crippen LogP contribution in [0.1, 0.15) is 14.4 Å². The molecule has 12 heteroatoms. The summed E-state index contributed by atoms with van der Waals surface area (Å²) in [5, 5.41) is 2.95. The Hall–Kier alpha value is -3.90. The summed E-state index contributed by atoms with van der Waals surface area (Å²) in [5.74, 6) is 0.319. The van der Waals surface area contributed by atoms with Crippen LogP contribution in [0.4, 0.5) is 10.8 Å². The van der Waals surface area contributed by atoms with Gasteiger partial charge in [-0.2, -0.15) is 0 Å². The van der Waals surface area contributed by atoms with Gasteiger partial charge in [-0.1, -0.05) is 0 Å². The Kier molecular flexibility index (Phi) is 6.61. The molecular formula is C25H27N5O5S2. The maximum Gasteiger partial charge on any atom is 0.263 e. The molecule has 1 atom stereocenters. The Morgan fingerprint density at radius 2 is 1.95 bits per heavy atom. The zero-order valence-electron chi connectivity index (χ0n) is 20.2. The van der Waals surface area contributed by atoms with Crippen LogP contribution in [0.15, 0.2) is 71.2 Å². The Morgan fingerprint density at radius 3 is 2.62 bits per heavy atom. The Balaban J connectivity index is 0.00000336. The molecule has 5 rings (SSSR count). The van der Waals surface area contributed by atoms with Crippen LogP contribution < -0.4 is 14.4 Å². The average molecular weight is 542 g/mol. The lowest BCUT2D eigenvalue weighted by Gasteiger charge is -2.35. The summed E-state index contributed by atoms with van der Waals surface area (Å²) < 4.78 is 34.8. The molecule has 10 nitrogen and oxygen atoms in total. The molecule has 4 aromatic rings. The minimum atomic E-state index is -3.78. The topological polar surface area (TPSA) is 114 Å². The predicted octanol–water partition coefficient (Wildman–Crippen LogP) is 3.59. The number of nitrogens with zero attached hydrogens (tertiary/aromatic N) is 4. The van der Waals surface area contributed by atoms with Crippen LogP contribution in [-0.4, -0.2) is 61.4 Å². The predicted molar refractivity (Wildman–Crippen MR) is 144 cm³/mol. The summed E-state index contributed by atoms with van der Waals surface area (Å²) in [6.45, 7) is 2.43. The summed E-state index contributed by atoms with van der Waals surface area (Å²) in [7, 11) is -2.19. The number of hydrogen-bond donors (Lipinski definition) is 1. The van der Waals surface area contributed by atoms with E-state index in [0.29, 0.717) is 24.5 Å². The van der Waals surface area contributed by atoms with Gasteiger partial charge in [-0.25, -0.2) is 13.4 Å². The van der Waals surface area contributed by atoms with Gasteiger partial charge in [-0.05, 0) is 54.8 Å². The van der Waals surface area contributed by atoms with E-state index in [9.17, 15) is 18.0 Å². The maximum absolute atomic E-state index is 13.3. The van der Waals surface area contributed by atoms with Crippen LogP contribution >= 0.6 is 11.3 Å². The number of methoxy groups -OCH3 is 1. The van der Waals surface area contributed by atoms with Gasteiger partial charge in [-0.3, -0.25) is 14.3 Å². The first-order valence-electron chi connectivity index (χ1n) is 11.5. The molecule has 0 saturated carbocycles. The number of hydrogen-bond acceptors (Lipinski definition) is 7. The molecule has 0 bridgehead atoms. The molecule has 2 aromatic carbocycles. The van der Waals surface area contributed by atoms with Crippen LogP contribution in [0.5, 0.6) is 5.75 Å². The summed E-state index contributed by atoms with van der Waals surface area (Å²) in [6.07, 6.45) is 3.38. The number of ether oxygens (including phenoxy) is 1. The quantitative estimate of drug-likeness (QED) is 0.383. The van der Waals surface area contributed by atoms with E-state index in [0.717, 1.165) is 10.9 Å². The maximum atomic E-state index is 13.3. The Labute approximate surface area is 219 Å². The first-order chi connectivity index (χ1) is 17.8. The van der Waals surface area contributed by atoms with E-state index in [4.69, 9.17) is 4.74 Å². The molecule has 2 aromatic heterocycles. The van der Waals surface area contributed by atoms with Gasteiger partial charge in [0, 0.05) is 44.0 Å². The van der Waals surface area contributed by atoms with E-state index in [2.05, 4.69) is 9.71 Å². The zero-order chi connectivity index (χ0) is 26.2. The highest BCUT2D eigenvalue weighted by Gasteiger charge is 2.31. The molecule has 3 heterocycles. The third kappa shape index (κ3) is 4.89. The highest BCUT2D eigenvalue weighted by molar-refractivity contribution is 7.93. The second-order valence-electron chi connectivity index (χ2n) is 8.57. The van der Waals surface area contributed by atoms with Crippen molar-refractivity contribution in [2.45, 2.75) is 17.9 Å². The standard InChI is InChI=1S/C25H25N5O5S2.H2/c1-17(29-11-9-18-3-6-20(35-2)15-22(18)29)24(32)28-12-13-30(23(31)16-28)19-4-7-21(8-5-19)37(33,34)27-25-26-10-14-36-25;/h3-11,14-15,17H,12-13,16H2,1-2H3,(H,26,27);1H. The second-order valence-corrected chi connectivity index (χ2v) is 11.1. The van der Waals surface area contributed by atoms with Crippen LogP contribution in [0.2, 0.25) is 0 Å². The van der Waals surface area contributed by atoms with Crippen LogP contribution in [0.25, 0.3) is 10.9 Å². The molecule has 1 N–H and O–H groups in total. The number of piperazine rings is 1. The van der Waals surface area contributed by atoms with Gasteiger partial charge in [0.05, 0.1) is 17.5 Å². The van der Waals surface area contributed by atoms with Gasteiger partial charge in [-0.15, -0.1) is 11.3 Å². The Bertz CT molecular complexity index is 1550. The van der Waals surface area contributed by atoms with Gasteiger partial charge < -0.3 is 19.1 Å². The van der Waals surface area contributed by atoms with Crippen molar-refractivity contribution in [3.8, 4) is 5.75 Å². The fourth-order valence-corrected chi connectivity index (χ4v) is 6.15. The largest absolute Gasteiger partial charge is 0.497 e. The Morgan fingerprint density at radius 1 is 1.16 bits per heavy atom. The smallest absolute Gasteiger partial charge is 0.263 e. The molecule has 1 aliphatic rings. The van der Waals surface area contributed by atoms with Gasteiger partial charge in [0.2, 0.25) is 11.8 Å². The van der Waals surface area contributed by atoms with Gasteiger partial charge in [0.15, 0.2) is 5.13 Å². The first-order valence-corrected chi connectivity index (χ1v) is 13.9. The van der Waals surface area contributed by atoms with Gasteiger partial charge >= 0.3 is 0 Å². The summed E-state index contributed by atoms with van der Waals surface area (Å²) in [4.78, 5) is 33.4. The highest BCUT2D eigenvalue weighted by Crippen LogP contribution is 2.27. The van der Waals surface area contributed by atoms with Crippen molar-refractivity contribution in [2.75, 3.05) is 36.4 Å². The number of amides is 2. The van der Waals surface area contributed by atoms with Gasteiger partial charge in [0.25, 0.3) is 10.0 Å². The average Bonchev–Trinajstić information content (AvgIpc) is 3.57. The molecule has 194 valence electrons. The molecule has 1 unspecified atom stereocenters. The lowest BCUT2D eigenvalue weighted by Crippen LogP contribution is -2.53. The molecule has 1 fully saturated rings. The fraction of sp³-hybridized carbons (Fsp3) is 0.240. The third-order valence-electron chi connectivity index (χ3n) is 6.35. The minimum Gasteiger partial charge on any atom is -0.497 e. The van der Waals surface area contributed by atoms with Crippen LogP contribution in [-0.2, 0) is 19.6 Å². The SMILES string of the molecule is COc1ccc2ccn(C(C)C(=O)N3CCN(c4ccc(S(=O)(=O)Nc5nccs5)cc4)C(=O)C3)c2c1.[HH]. The van der Waals surface area contributed by atoms with Crippen molar-refractivity contribution >= 4 is 54.9 Å². The molecule has 0 radical (unpaired) electrons. The van der Waals surface area contributed by atoms with E-state index in [1.807, 2.05) is 42.0 Å². The van der Waals surface area contributed by atoms with E-state index < -0.39 is 16.1 Å².